The van der Waals surface area contributed by atoms with Crippen LogP contribution in [0.4, 0.5) is 0 Å². The normalized spacial score (nSPS) is 9.43. The summed E-state index contributed by atoms with van der Waals surface area (Å²) in [5, 5.41) is 27.1. The third kappa shape index (κ3) is 7.10. The van der Waals surface area contributed by atoms with Crippen LogP contribution in [0.2, 0.25) is 0 Å². The Hall–Kier alpha value is -2.37. The largest absolute Gasteiger partial charge is 0.478 e. The van der Waals surface area contributed by atoms with Gasteiger partial charge in [0.25, 0.3) is 0 Å². The first-order valence-corrected chi connectivity index (χ1v) is 6.57. The van der Waals surface area contributed by atoms with E-state index in [1.807, 2.05) is 6.92 Å². The number of rotatable bonds is 6. The molecule has 0 aliphatic rings. The van der Waals surface area contributed by atoms with Gasteiger partial charge in [0.15, 0.2) is 0 Å². The highest BCUT2D eigenvalue weighted by Crippen LogP contribution is 2.13. The highest BCUT2D eigenvalue weighted by Gasteiger charge is 2.13. The molecule has 0 saturated carbocycles. The summed E-state index contributed by atoms with van der Waals surface area (Å²) in [5.74, 6) is -3.15. The van der Waals surface area contributed by atoms with Crippen molar-refractivity contribution in [2.75, 3.05) is 0 Å². The molecule has 1 rings (SSSR count). The molecule has 6 heteroatoms. The quantitative estimate of drug-likeness (QED) is 0.784. The fourth-order valence-electron chi connectivity index (χ4n) is 1.62. The van der Waals surface area contributed by atoms with E-state index in [-0.39, 0.29) is 23.1 Å². The molecule has 0 bridgehead atoms. The first-order chi connectivity index (χ1) is 9.81. The van der Waals surface area contributed by atoms with Gasteiger partial charge < -0.3 is 10.2 Å². The summed E-state index contributed by atoms with van der Waals surface area (Å²) in [4.78, 5) is 31.0. The zero-order valence-corrected chi connectivity index (χ0v) is 12.1. The fourth-order valence-corrected chi connectivity index (χ4v) is 1.62. The molecule has 0 fully saturated rings. The maximum atomic E-state index is 10.6. The predicted octanol–water partition coefficient (Wildman–Crippen LogP) is 2.92. The molecule has 0 aromatic heterocycles. The number of unbranched alkanes of at least 4 members (excludes halogenated alkanes) is 2. The van der Waals surface area contributed by atoms with Crippen LogP contribution in [0.15, 0.2) is 18.2 Å². The first kappa shape index (κ1) is 18.6. The van der Waals surface area contributed by atoms with Gasteiger partial charge in [0.2, 0.25) is 0 Å². The Morgan fingerprint density at radius 2 is 1.48 bits per heavy atom. The van der Waals surface area contributed by atoms with E-state index in [9.17, 15) is 19.5 Å². The molecule has 6 nitrogen and oxygen atoms in total. The Labute approximate surface area is 123 Å². The van der Waals surface area contributed by atoms with Crippen molar-refractivity contribution in [1.29, 1.82) is 0 Å². The van der Waals surface area contributed by atoms with Crippen molar-refractivity contribution in [3.05, 3.63) is 34.9 Å². The molecule has 0 amide bonds. The van der Waals surface area contributed by atoms with Crippen LogP contribution in [-0.2, 0) is 9.90 Å². The molecule has 1 aromatic rings. The van der Waals surface area contributed by atoms with Crippen molar-refractivity contribution in [3.63, 3.8) is 0 Å². The summed E-state index contributed by atoms with van der Waals surface area (Å²) in [6, 6.07) is 4.17. The minimum absolute atomic E-state index is 0.0277. The average molecular weight is 295 g/mol. The summed E-state index contributed by atoms with van der Waals surface area (Å²) >= 11 is 0. The molecular formula is C15H19O6. The molecule has 0 aliphatic carbocycles. The molecule has 1 aromatic carbocycles. The number of hydrogen-bond acceptors (Lipinski definition) is 3. The van der Waals surface area contributed by atoms with Crippen molar-refractivity contribution in [2.45, 2.75) is 39.5 Å². The van der Waals surface area contributed by atoms with Crippen LogP contribution < -0.4 is 0 Å². The molecule has 115 valence electrons. The number of carbonyl (C=O) groups is 3. The van der Waals surface area contributed by atoms with Crippen LogP contribution in [-0.4, -0.2) is 28.1 Å². The third-order valence-electron chi connectivity index (χ3n) is 2.78. The maximum absolute atomic E-state index is 10.6. The Morgan fingerprint density at radius 3 is 1.81 bits per heavy atom. The van der Waals surface area contributed by atoms with E-state index >= 15 is 0 Å². The smallest absolute Gasteiger partial charge is 0.355 e. The van der Waals surface area contributed by atoms with E-state index in [1.165, 1.54) is 25.1 Å². The summed E-state index contributed by atoms with van der Waals surface area (Å²) in [6.45, 7) is 3.52. The van der Waals surface area contributed by atoms with E-state index in [1.54, 1.807) is 0 Å². The van der Waals surface area contributed by atoms with E-state index in [2.05, 4.69) is 0 Å². The molecule has 0 atom stereocenters. The van der Waals surface area contributed by atoms with Crippen molar-refractivity contribution in [1.82, 2.24) is 0 Å². The second-order valence-electron chi connectivity index (χ2n) is 4.42. The second-order valence-corrected chi connectivity index (χ2v) is 4.42. The van der Waals surface area contributed by atoms with Gasteiger partial charge in [-0.15, -0.1) is 0 Å². The van der Waals surface area contributed by atoms with Crippen LogP contribution >= 0.6 is 0 Å². The first-order valence-electron chi connectivity index (χ1n) is 6.57. The molecular weight excluding hydrogens is 276 g/mol. The van der Waals surface area contributed by atoms with Crippen LogP contribution in [0.1, 0.15) is 58.9 Å². The van der Waals surface area contributed by atoms with Crippen LogP contribution in [0.3, 0.4) is 0 Å². The van der Waals surface area contributed by atoms with Gasteiger partial charge in [0, 0.05) is 0 Å². The van der Waals surface area contributed by atoms with Gasteiger partial charge in [-0.1, -0.05) is 25.8 Å². The molecule has 0 spiro atoms. The number of carbonyl (C=O) groups excluding carboxylic acids is 1. The monoisotopic (exact) mass is 295 g/mol. The van der Waals surface area contributed by atoms with Gasteiger partial charge in [0.05, 0.1) is 17.5 Å². The number of carboxylic acid groups (broad SMARTS) is 2. The standard InChI is InChI=1S/C9H8O4.C6H11O2/c1-5-6(8(10)11)3-2-4-7(5)9(12)13;1-2-3-4-5-6(7)8/h2-4H,1H3,(H,10,11)(H,12,13);2-5H2,1H3. The second kappa shape index (κ2) is 9.52. The number of aromatic carboxylic acids is 2. The molecule has 21 heavy (non-hydrogen) atoms. The summed E-state index contributed by atoms with van der Waals surface area (Å²) in [5.41, 5.74) is 0.335. The van der Waals surface area contributed by atoms with Crippen molar-refractivity contribution in [2.24, 2.45) is 0 Å². The van der Waals surface area contributed by atoms with E-state index in [4.69, 9.17) is 10.2 Å². The summed E-state index contributed by atoms with van der Waals surface area (Å²) in [7, 11) is 0. The number of benzene rings is 1. The van der Waals surface area contributed by atoms with Gasteiger partial charge in [-0.05, 0) is 31.0 Å². The Morgan fingerprint density at radius 1 is 1.00 bits per heavy atom. The lowest BCUT2D eigenvalue weighted by Crippen LogP contribution is -2.06. The zero-order valence-electron chi connectivity index (χ0n) is 12.1. The van der Waals surface area contributed by atoms with E-state index in [0.717, 1.165) is 19.3 Å². The fraction of sp³-hybridized carbons (Fsp3) is 0.400. The molecule has 0 aliphatic heterocycles. The van der Waals surface area contributed by atoms with E-state index in [0.29, 0.717) is 0 Å². The van der Waals surface area contributed by atoms with Crippen molar-refractivity contribution < 1.29 is 29.7 Å². The lowest BCUT2D eigenvalue weighted by Gasteiger charge is -2.03. The zero-order chi connectivity index (χ0) is 16.4. The third-order valence-corrected chi connectivity index (χ3v) is 2.78. The number of hydrogen-bond donors (Lipinski definition) is 2. The Kier molecular flexibility index (Phi) is 8.45. The molecule has 0 unspecified atom stereocenters. The van der Waals surface area contributed by atoms with Gasteiger partial charge in [-0.25, -0.2) is 19.5 Å². The van der Waals surface area contributed by atoms with Crippen LogP contribution in [0.5, 0.6) is 0 Å². The highest BCUT2D eigenvalue weighted by molar-refractivity contribution is 5.96. The van der Waals surface area contributed by atoms with Crippen molar-refractivity contribution >= 4 is 17.9 Å². The van der Waals surface area contributed by atoms with Crippen LogP contribution in [0.25, 0.3) is 0 Å². The average Bonchev–Trinajstić information content (AvgIpc) is 2.39. The SMILES string of the molecule is CCCCCC([O])=O.Cc1c(C(=O)O)cccc1C(=O)O. The minimum atomic E-state index is -1.11. The molecule has 1 radical (unpaired) electrons. The van der Waals surface area contributed by atoms with Crippen LogP contribution in [0, 0.1) is 6.92 Å². The van der Waals surface area contributed by atoms with E-state index < -0.39 is 17.9 Å². The van der Waals surface area contributed by atoms with Gasteiger partial charge in [0.1, 0.15) is 0 Å². The lowest BCUT2D eigenvalue weighted by atomic mass is 10.0. The molecule has 0 saturated heterocycles. The van der Waals surface area contributed by atoms with Crippen molar-refractivity contribution in [3.8, 4) is 0 Å². The highest BCUT2D eigenvalue weighted by atomic mass is 16.4. The summed E-state index contributed by atoms with van der Waals surface area (Å²) < 4.78 is 0. The van der Waals surface area contributed by atoms with Gasteiger partial charge in [-0.3, -0.25) is 0 Å². The van der Waals surface area contributed by atoms with Gasteiger partial charge in [-0.2, -0.15) is 0 Å². The minimum Gasteiger partial charge on any atom is -0.478 e. The lowest BCUT2D eigenvalue weighted by molar-refractivity contribution is -0.143. The maximum Gasteiger partial charge on any atom is 0.355 e. The van der Waals surface area contributed by atoms with Gasteiger partial charge >= 0.3 is 17.9 Å². The topological polar surface area (TPSA) is 112 Å². The molecule has 2 N–H and O–H groups in total. The molecule has 0 heterocycles. The predicted molar refractivity (Wildman–Crippen MR) is 74.9 cm³/mol. The number of carboxylic acids is 2. The Balaban J connectivity index is 0.000000433. The Bertz CT molecular complexity index is 475. The summed E-state index contributed by atoms with van der Waals surface area (Å²) in [6.07, 6.45) is 3.04.